The Morgan fingerprint density at radius 3 is 0.933 bits per heavy atom. The van der Waals surface area contributed by atoms with Gasteiger partial charge in [0.1, 0.15) is 0 Å². The van der Waals surface area contributed by atoms with Crippen molar-refractivity contribution in [1.82, 2.24) is 21.3 Å². The molecule has 0 aromatic heterocycles. The van der Waals surface area contributed by atoms with E-state index in [-0.39, 0.29) is 59.0 Å². The minimum absolute atomic E-state index is 0.0466. The summed E-state index contributed by atoms with van der Waals surface area (Å²) < 4.78 is 0.308. The minimum atomic E-state index is -1.63. The van der Waals surface area contributed by atoms with Gasteiger partial charge < -0.3 is 77.0 Å². The second kappa shape index (κ2) is 25.8. The van der Waals surface area contributed by atoms with Crippen LogP contribution in [0.3, 0.4) is 0 Å². The molecule has 2 rings (SSSR count). The third-order valence-corrected chi connectivity index (χ3v) is 13.1. The van der Waals surface area contributed by atoms with Gasteiger partial charge >= 0.3 is 0 Å². The first-order chi connectivity index (χ1) is 28.4. The van der Waals surface area contributed by atoms with Crippen LogP contribution in [0.4, 0.5) is 11.4 Å². The Kier molecular flexibility index (Phi) is 23.2. The first-order valence-corrected chi connectivity index (χ1v) is 22.0. The van der Waals surface area contributed by atoms with Crippen molar-refractivity contribution < 1.29 is 74.7 Å². The number of anilines is 2. The highest BCUT2D eigenvalue weighted by atomic mass is 127. The lowest BCUT2D eigenvalue weighted by Crippen LogP contribution is -2.44. The van der Waals surface area contributed by atoms with E-state index in [1.165, 1.54) is 13.8 Å². The van der Waals surface area contributed by atoms with Crippen LogP contribution in [0.5, 0.6) is 0 Å². The zero-order chi connectivity index (χ0) is 45.6. The number of aliphatic hydroxyl groups is 9. The third kappa shape index (κ3) is 12.9. The quantitative estimate of drug-likeness (QED) is 0.0369. The number of hydrogen-bond donors (Lipinski definition) is 13. The van der Waals surface area contributed by atoms with Gasteiger partial charge in [0.2, 0.25) is 12.8 Å². The van der Waals surface area contributed by atoms with Crippen LogP contribution in [-0.4, -0.2) is 179 Å². The molecule has 334 valence electrons. The normalized spacial score (nSPS) is 11.4. The molecule has 0 aliphatic rings. The standard InChI is InChI=1S/C35H46I4N6O15/c1-15-22(32(57)40-17(5-46)6-47)26(36)24(34(59)42-19(9-50)10-51)28(38)30(15)44(13-54)3-21(56)4-45(14-55)31-16(2)23(33(58)41-18(7-48)8-49)27(37)25(29(31)39)35(60)43-20(11-52)12-53/h13-14,17-21,46-53,56H,3-12H2,1-2H3,(H,40,57)(H,41,58)(H,42,59)(H,43,60). The lowest BCUT2D eigenvalue weighted by molar-refractivity contribution is -0.108. The number of rotatable bonds is 24. The first-order valence-electron chi connectivity index (χ1n) is 17.7. The highest BCUT2D eigenvalue weighted by molar-refractivity contribution is 14.1. The van der Waals surface area contributed by atoms with Gasteiger partial charge in [0.15, 0.2) is 0 Å². The highest BCUT2D eigenvalue weighted by Crippen LogP contribution is 2.38. The van der Waals surface area contributed by atoms with E-state index in [1.54, 1.807) is 90.4 Å². The summed E-state index contributed by atoms with van der Waals surface area (Å²) in [6.07, 6.45) is -1.03. The topological polar surface area (TPSA) is 339 Å². The summed E-state index contributed by atoms with van der Waals surface area (Å²) in [5.41, 5.74) is -0.501. The summed E-state index contributed by atoms with van der Waals surface area (Å²) in [5.74, 6) is -3.42. The van der Waals surface area contributed by atoms with Gasteiger partial charge in [-0.1, -0.05) is 0 Å². The Hall–Kier alpha value is -2.18. The number of halogens is 4. The van der Waals surface area contributed by atoms with E-state index in [2.05, 4.69) is 21.3 Å². The molecule has 0 unspecified atom stereocenters. The zero-order valence-corrected chi connectivity index (χ0v) is 40.6. The van der Waals surface area contributed by atoms with Crippen LogP contribution in [0.25, 0.3) is 0 Å². The number of carbonyl (C=O) groups excluding carboxylic acids is 6. The summed E-state index contributed by atoms with van der Waals surface area (Å²) in [5, 5.41) is 98.3. The second-order valence-corrected chi connectivity index (χ2v) is 17.3. The summed E-state index contributed by atoms with van der Waals surface area (Å²) >= 11 is 6.96. The van der Waals surface area contributed by atoms with E-state index >= 15 is 0 Å². The molecular weight excluding hydrogens is 1250 g/mol. The highest BCUT2D eigenvalue weighted by Gasteiger charge is 2.34. The Labute approximate surface area is 398 Å². The van der Waals surface area contributed by atoms with E-state index in [4.69, 9.17) is 0 Å². The smallest absolute Gasteiger partial charge is 0.253 e. The monoisotopic (exact) mass is 1300 g/mol. The number of aliphatic hydroxyl groups excluding tert-OH is 9. The van der Waals surface area contributed by atoms with Crippen molar-refractivity contribution in [2.24, 2.45) is 0 Å². The molecule has 0 heterocycles. The fourth-order valence-electron chi connectivity index (χ4n) is 5.71. The van der Waals surface area contributed by atoms with Gasteiger partial charge in [-0.25, -0.2) is 0 Å². The lowest BCUT2D eigenvalue weighted by atomic mass is 9.99. The molecule has 0 atom stereocenters. The third-order valence-electron chi connectivity index (χ3n) is 8.85. The lowest BCUT2D eigenvalue weighted by Gasteiger charge is -2.31. The van der Waals surface area contributed by atoms with Crippen molar-refractivity contribution in [1.29, 1.82) is 0 Å². The fraction of sp³-hybridized carbons (Fsp3) is 0.486. The van der Waals surface area contributed by atoms with Crippen LogP contribution in [0.2, 0.25) is 0 Å². The second-order valence-electron chi connectivity index (χ2n) is 13.0. The number of nitrogens with zero attached hydrogens (tertiary/aromatic N) is 2. The van der Waals surface area contributed by atoms with Crippen molar-refractivity contribution in [3.8, 4) is 0 Å². The Morgan fingerprint density at radius 2 is 0.717 bits per heavy atom. The Bertz CT molecular complexity index is 1640. The van der Waals surface area contributed by atoms with Gasteiger partial charge in [0.05, 0.1) is 137 Å². The molecule has 0 bridgehead atoms. The molecule has 0 fully saturated rings. The predicted molar refractivity (Wildman–Crippen MR) is 248 cm³/mol. The Morgan fingerprint density at radius 1 is 0.483 bits per heavy atom. The van der Waals surface area contributed by atoms with Gasteiger partial charge in [-0.3, -0.25) is 28.8 Å². The van der Waals surface area contributed by atoms with Crippen LogP contribution in [0.15, 0.2) is 0 Å². The zero-order valence-electron chi connectivity index (χ0n) is 32.0. The van der Waals surface area contributed by atoms with Gasteiger partial charge in [-0.05, 0) is 115 Å². The molecule has 0 aliphatic carbocycles. The van der Waals surface area contributed by atoms with Crippen molar-refractivity contribution in [3.63, 3.8) is 0 Å². The number of hydrogen-bond acceptors (Lipinski definition) is 15. The molecule has 0 saturated heterocycles. The van der Waals surface area contributed by atoms with Gasteiger partial charge in [0, 0.05) is 7.14 Å². The fourth-order valence-corrected chi connectivity index (χ4v) is 11.5. The molecular formula is C35H46I4N6O15. The maximum absolute atomic E-state index is 13.6. The van der Waals surface area contributed by atoms with E-state index in [0.717, 1.165) is 9.80 Å². The molecule has 0 saturated carbocycles. The average molecular weight is 1300 g/mol. The van der Waals surface area contributed by atoms with Crippen LogP contribution < -0.4 is 31.1 Å². The predicted octanol–water partition coefficient (Wildman–Crippen LogP) is -2.96. The molecule has 6 amide bonds. The summed E-state index contributed by atoms with van der Waals surface area (Å²) in [7, 11) is 0. The van der Waals surface area contributed by atoms with Crippen LogP contribution in [0, 0.1) is 28.1 Å². The average Bonchev–Trinajstić information content (AvgIpc) is 3.21. The molecule has 0 spiro atoms. The van der Waals surface area contributed by atoms with Gasteiger partial charge in [-0.2, -0.15) is 0 Å². The van der Waals surface area contributed by atoms with E-state index in [0.29, 0.717) is 12.8 Å². The van der Waals surface area contributed by atoms with E-state index in [1.807, 2.05) is 0 Å². The summed E-state index contributed by atoms with van der Waals surface area (Å²) in [4.78, 5) is 82.1. The van der Waals surface area contributed by atoms with E-state index < -0.39 is 120 Å². The maximum atomic E-state index is 13.6. The molecule has 0 aliphatic heterocycles. The van der Waals surface area contributed by atoms with E-state index in [9.17, 15) is 74.7 Å². The van der Waals surface area contributed by atoms with Gasteiger partial charge in [0.25, 0.3) is 23.6 Å². The summed E-state index contributed by atoms with van der Waals surface area (Å²) in [6, 6.07) is -4.44. The summed E-state index contributed by atoms with van der Waals surface area (Å²) in [6.45, 7) is -3.48. The molecule has 2 aromatic rings. The SMILES string of the molecule is Cc1c(C(=O)NC(CO)CO)c(I)c(C(=O)NC(CO)CO)c(I)c1N(C=O)CC(O)CN(C=O)c1c(C)c(C(=O)NC(CO)CO)c(I)c(C(=O)NC(CO)CO)c1I. The first kappa shape index (κ1) is 54.0. The van der Waals surface area contributed by atoms with Crippen molar-refractivity contribution in [3.05, 3.63) is 47.7 Å². The van der Waals surface area contributed by atoms with Crippen LogP contribution in [-0.2, 0) is 9.59 Å². The Balaban J connectivity index is 2.81. The molecule has 25 heteroatoms. The number of nitrogens with one attached hydrogen (secondary N) is 4. The number of benzene rings is 2. The largest absolute Gasteiger partial charge is 0.394 e. The van der Waals surface area contributed by atoms with Crippen LogP contribution in [0.1, 0.15) is 52.6 Å². The minimum Gasteiger partial charge on any atom is -0.394 e. The molecule has 21 nitrogen and oxygen atoms in total. The number of carbonyl (C=O) groups is 6. The molecule has 60 heavy (non-hydrogen) atoms. The maximum Gasteiger partial charge on any atom is 0.253 e. The van der Waals surface area contributed by atoms with Gasteiger partial charge in [-0.15, -0.1) is 0 Å². The van der Waals surface area contributed by atoms with Crippen LogP contribution >= 0.6 is 90.4 Å². The molecule has 2 aromatic carbocycles. The molecule has 13 N–H and O–H groups in total. The van der Waals surface area contributed by atoms with Crippen molar-refractivity contribution in [2.75, 3.05) is 75.7 Å². The van der Waals surface area contributed by atoms with Crippen molar-refractivity contribution >= 4 is 138 Å². The number of amides is 6. The molecule has 0 radical (unpaired) electrons. The van der Waals surface area contributed by atoms with Crippen molar-refractivity contribution in [2.45, 2.75) is 44.1 Å².